The van der Waals surface area contributed by atoms with Crippen molar-refractivity contribution in [1.29, 1.82) is 0 Å². The number of rotatable bonds is 0. The van der Waals surface area contributed by atoms with Gasteiger partial charge in [-0.15, -0.1) is 0 Å². The number of hydrogen-bond donors (Lipinski definition) is 1. The predicted molar refractivity (Wildman–Crippen MR) is 51.0 cm³/mol. The van der Waals surface area contributed by atoms with Crippen LogP contribution in [0, 0.1) is 0 Å². The smallest absolute Gasteiger partial charge is 0.0297 e. The monoisotopic (exact) mass is 161 g/mol. The predicted octanol–water partition coefficient (Wildman–Crippen LogP) is 2.58. The van der Waals surface area contributed by atoms with Crippen LogP contribution in [0.25, 0.3) is 0 Å². The van der Waals surface area contributed by atoms with Crippen molar-refractivity contribution in [2.75, 3.05) is 0 Å². The van der Waals surface area contributed by atoms with Crippen LogP contribution >= 0.6 is 0 Å². The van der Waals surface area contributed by atoms with E-state index in [1.807, 2.05) is 0 Å². The molecular formula is C11H15N. The Labute approximate surface area is 73.6 Å². The van der Waals surface area contributed by atoms with Crippen LogP contribution in [0.2, 0.25) is 0 Å². The normalized spacial score (nSPS) is 28.2. The highest BCUT2D eigenvalue weighted by Crippen LogP contribution is 2.35. The summed E-state index contributed by atoms with van der Waals surface area (Å²) in [6.07, 6.45) is 2.37. The van der Waals surface area contributed by atoms with Crippen molar-refractivity contribution < 1.29 is 0 Å². The summed E-state index contributed by atoms with van der Waals surface area (Å²) in [5.41, 5.74) is 8.82. The Morgan fingerprint density at radius 3 is 2.50 bits per heavy atom. The first-order valence-electron chi connectivity index (χ1n) is 4.63. The van der Waals surface area contributed by atoms with Crippen LogP contribution in [0.15, 0.2) is 24.3 Å². The van der Waals surface area contributed by atoms with Gasteiger partial charge in [0, 0.05) is 6.04 Å². The van der Waals surface area contributed by atoms with Crippen LogP contribution in [0.1, 0.15) is 42.9 Å². The van der Waals surface area contributed by atoms with Crippen molar-refractivity contribution in [1.82, 2.24) is 0 Å². The standard InChI is InChI=1S/C11H15N/c1-8-6-7-11(12)10-5-3-2-4-9(8)10/h2-5,8,11H,6-7,12H2,1H3/t8-,11?/m0/s1. The Bertz CT molecular complexity index is 251. The van der Waals surface area contributed by atoms with Gasteiger partial charge in [0.15, 0.2) is 0 Å². The summed E-state index contributed by atoms with van der Waals surface area (Å²) in [5.74, 6) is 0.695. The van der Waals surface area contributed by atoms with Crippen LogP contribution in [-0.2, 0) is 0 Å². The molecule has 0 radical (unpaired) electrons. The van der Waals surface area contributed by atoms with E-state index < -0.39 is 0 Å². The molecule has 0 bridgehead atoms. The first-order chi connectivity index (χ1) is 5.79. The van der Waals surface area contributed by atoms with Gasteiger partial charge in [-0.25, -0.2) is 0 Å². The Balaban J connectivity index is 2.47. The first kappa shape index (κ1) is 7.81. The molecule has 12 heavy (non-hydrogen) atoms. The third-order valence-corrected chi connectivity index (χ3v) is 2.84. The minimum Gasteiger partial charge on any atom is -0.324 e. The fourth-order valence-electron chi connectivity index (χ4n) is 2.04. The molecule has 1 aliphatic carbocycles. The first-order valence-corrected chi connectivity index (χ1v) is 4.63. The van der Waals surface area contributed by atoms with Crippen LogP contribution in [-0.4, -0.2) is 0 Å². The van der Waals surface area contributed by atoms with Crippen molar-refractivity contribution in [3.63, 3.8) is 0 Å². The summed E-state index contributed by atoms with van der Waals surface area (Å²) in [7, 11) is 0. The zero-order valence-electron chi connectivity index (χ0n) is 7.46. The Morgan fingerprint density at radius 2 is 1.83 bits per heavy atom. The van der Waals surface area contributed by atoms with Gasteiger partial charge in [0.25, 0.3) is 0 Å². The summed E-state index contributed by atoms with van der Waals surface area (Å²) >= 11 is 0. The van der Waals surface area contributed by atoms with Gasteiger partial charge < -0.3 is 5.73 Å². The van der Waals surface area contributed by atoms with E-state index in [1.54, 1.807) is 0 Å². The molecule has 0 saturated carbocycles. The molecule has 1 heteroatoms. The van der Waals surface area contributed by atoms with Crippen molar-refractivity contribution in [3.05, 3.63) is 35.4 Å². The molecule has 0 heterocycles. The van der Waals surface area contributed by atoms with Crippen molar-refractivity contribution in [2.45, 2.75) is 31.7 Å². The Hall–Kier alpha value is -0.820. The minimum absolute atomic E-state index is 0.275. The highest BCUT2D eigenvalue weighted by Gasteiger charge is 2.20. The lowest BCUT2D eigenvalue weighted by Crippen LogP contribution is -2.18. The second kappa shape index (κ2) is 2.91. The number of benzene rings is 1. The molecule has 1 nitrogen and oxygen atoms in total. The molecule has 1 aromatic rings. The lowest BCUT2D eigenvalue weighted by atomic mass is 9.81. The van der Waals surface area contributed by atoms with E-state index in [0.717, 1.165) is 6.42 Å². The van der Waals surface area contributed by atoms with E-state index >= 15 is 0 Å². The third kappa shape index (κ3) is 1.14. The third-order valence-electron chi connectivity index (χ3n) is 2.84. The largest absolute Gasteiger partial charge is 0.324 e. The summed E-state index contributed by atoms with van der Waals surface area (Å²) in [6.45, 7) is 2.28. The fraction of sp³-hybridized carbons (Fsp3) is 0.455. The second-order valence-corrected chi connectivity index (χ2v) is 3.71. The molecule has 1 aromatic carbocycles. The zero-order valence-corrected chi connectivity index (χ0v) is 7.46. The molecule has 2 atom stereocenters. The lowest BCUT2D eigenvalue weighted by Gasteiger charge is -2.26. The van der Waals surface area contributed by atoms with Gasteiger partial charge in [-0.05, 0) is 29.9 Å². The maximum absolute atomic E-state index is 6.01. The molecule has 64 valence electrons. The van der Waals surface area contributed by atoms with E-state index in [-0.39, 0.29) is 6.04 Å². The van der Waals surface area contributed by atoms with Gasteiger partial charge >= 0.3 is 0 Å². The fourth-order valence-corrected chi connectivity index (χ4v) is 2.04. The van der Waals surface area contributed by atoms with Gasteiger partial charge in [-0.3, -0.25) is 0 Å². The van der Waals surface area contributed by atoms with E-state index in [0.29, 0.717) is 5.92 Å². The highest BCUT2D eigenvalue weighted by molar-refractivity contribution is 5.34. The van der Waals surface area contributed by atoms with E-state index in [4.69, 9.17) is 5.73 Å². The van der Waals surface area contributed by atoms with Crippen molar-refractivity contribution in [3.8, 4) is 0 Å². The minimum atomic E-state index is 0.275. The van der Waals surface area contributed by atoms with Crippen LogP contribution in [0.4, 0.5) is 0 Å². The number of hydrogen-bond acceptors (Lipinski definition) is 1. The van der Waals surface area contributed by atoms with Crippen molar-refractivity contribution >= 4 is 0 Å². The average molecular weight is 161 g/mol. The van der Waals surface area contributed by atoms with Crippen molar-refractivity contribution in [2.24, 2.45) is 5.73 Å². The van der Waals surface area contributed by atoms with Crippen LogP contribution in [0.3, 0.4) is 0 Å². The van der Waals surface area contributed by atoms with E-state index in [9.17, 15) is 0 Å². The average Bonchev–Trinajstić information content (AvgIpc) is 2.12. The molecule has 0 fully saturated rings. The van der Waals surface area contributed by atoms with Gasteiger partial charge in [-0.1, -0.05) is 31.2 Å². The zero-order chi connectivity index (χ0) is 8.55. The Kier molecular flexibility index (Phi) is 1.89. The van der Waals surface area contributed by atoms with E-state index in [1.165, 1.54) is 17.5 Å². The topological polar surface area (TPSA) is 26.0 Å². The summed E-state index contributed by atoms with van der Waals surface area (Å²) < 4.78 is 0. The van der Waals surface area contributed by atoms with Gasteiger partial charge in [0.05, 0.1) is 0 Å². The quantitative estimate of drug-likeness (QED) is 0.621. The molecular weight excluding hydrogens is 146 g/mol. The molecule has 2 N–H and O–H groups in total. The maximum atomic E-state index is 6.01. The lowest BCUT2D eigenvalue weighted by molar-refractivity contribution is 0.513. The molecule has 1 unspecified atom stereocenters. The molecule has 0 amide bonds. The summed E-state index contributed by atoms with van der Waals surface area (Å²) in [6, 6.07) is 8.83. The maximum Gasteiger partial charge on any atom is 0.0297 e. The molecule has 0 aromatic heterocycles. The molecule has 1 aliphatic rings. The van der Waals surface area contributed by atoms with Crippen LogP contribution in [0.5, 0.6) is 0 Å². The molecule has 0 aliphatic heterocycles. The van der Waals surface area contributed by atoms with Gasteiger partial charge in [0.2, 0.25) is 0 Å². The number of fused-ring (bicyclic) bond motifs is 1. The second-order valence-electron chi connectivity index (χ2n) is 3.71. The Morgan fingerprint density at radius 1 is 1.17 bits per heavy atom. The highest BCUT2D eigenvalue weighted by atomic mass is 14.6. The number of nitrogens with two attached hydrogens (primary N) is 1. The SMILES string of the molecule is C[C@H]1CCC(N)c2ccccc21. The van der Waals surface area contributed by atoms with E-state index in [2.05, 4.69) is 31.2 Å². The van der Waals surface area contributed by atoms with Gasteiger partial charge in [-0.2, -0.15) is 0 Å². The summed E-state index contributed by atoms with van der Waals surface area (Å²) in [5, 5.41) is 0. The molecule has 0 spiro atoms. The summed E-state index contributed by atoms with van der Waals surface area (Å²) in [4.78, 5) is 0. The molecule has 0 saturated heterocycles. The molecule has 2 rings (SSSR count). The van der Waals surface area contributed by atoms with Crippen LogP contribution < -0.4 is 5.73 Å². The van der Waals surface area contributed by atoms with Gasteiger partial charge in [0.1, 0.15) is 0 Å².